The summed E-state index contributed by atoms with van der Waals surface area (Å²) >= 11 is 0. The lowest BCUT2D eigenvalue weighted by Crippen LogP contribution is -2.60. The molecule has 362 valence electrons. The van der Waals surface area contributed by atoms with E-state index in [2.05, 4.69) is 31.9 Å². The molecule has 0 spiro atoms. The van der Waals surface area contributed by atoms with E-state index in [9.17, 15) is 58.2 Å². The number of aliphatic hydroxyl groups is 1. The van der Waals surface area contributed by atoms with E-state index < -0.39 is 132 Å². The lowest BCUT2D eigenvalue weighted by atomic mass is 9.95. The van der Waals surface area contributed by atoms with Crippen LogP contribution in [0.3, 0.4) is 0 Å². The van der Waals surface area contributed by atoms with Crippen LogP contribution in [0.2, 0.25) is 0 Å². The van der Waals surface area contributed by atoms with E-state index in [0.717, 1.165) is 5.56 Å². The minimum absolute atomic E-state index is 0.0859. The molecular formula is C42H67N11O12. The lowest BCUT2D eigenvalue weighted by Gasteiger charge is -2.32. The number of likely N-dealkylation sites (tertiary alicyclic amines) is 1. The summed E-state index contributed by atoms with van der Waals surface area (Å²) in [6.45, 7) is 6.60. The van der Waals surface area contributed by atoms with Gasteiger partial charge in [0.05, 0.1) is 19.1 Å². The summed E-state index contributed by atoms with van der Waals surface area (Å²) in [5.74, 6) is -9.54. The standard InChI is InChI=1S/C42H67N11O12/c1-5-23(4)35(41(63)51-34(22(2)3)40(62)49-28(42(64)65)14-16-32(45)56)52-39(61)30-12-9-17-53(30)20-25(18-24-10-7-6-8-11-24)47-38(60)29(19-33(46)57)50-37(59)27(13-15-31(44)55)48-36(58)26(43)21-54/h6-8,10-11,22-23,25-30,34-35,54H,5,9,12-21,43H2,1-4H3,(H2,44,55)(H2,45,56)(H2,46,57)(H,47,60)(H,48,58)(H,49,62)(H,50,59)(H,51,63)(H,52,61)(H,64,65)/t23-,25-,26-,27-,28-,29-,30-,34-,35-/m0/s1. The summed E-state index contributed by atoms with van der Waals surface area (Å²) in [5.41, 5.74) is 22.3. The van der Waals surface area contributed by atoms with Crippen molar-refractivity contribution < 1.29 is 58.2 Å². The maximum absolute atomic E-state index is 14.1. The number of aliphatic hydroxyl groups excluding tert-OH is 1. The number of hydrogen-bond acceptors (Lipinski definition) is 13. The SMILES string of the molecule is CC[C@H](C)[C@H](NC(=O)[C@@H]1CCCN1C[C@H](Cc1ccccc1)NC(=O)[C@H](CC(N)=O)NC(=O)[C@H](CCC(N)=O)NC(=O)[C@@H](N)CO)C(=O)N[C@H](C(=O)N[C@@H](CCC(N)=O)C(=O)O)C(C)C. The van der Waals surface area contributed by atoms with Crippen LogP contribution in [0.15, 0.2) is 30.3 Å². The van der Waals surface area contributed by atoms with Gasteiger partial charge in [-0.2, -0.15) is 0 Å². The van der Waals surface area contributed by atoms with Crippen molar-refractivity contribution in [3.63, 3.8) is 0 Å². The first-order chi connectivity index (χ1) is 30.6. The molecule has 1 aromatic carbocycles. The fourth-order valence-corrected chi connectivity index (χ4v) is 7.12. The van der Waals surface area contributed by atoms with Crippen molar-refractivity contribution in [2.75, 3.05) is 19.7 Å². The zero-order chi connectivity index (χ0) is 49.0. The predicted octanol–water partition coefficient (Wildman–Crippen LogP) is -3.89. The molecule has 1 aliphatic rings. The Morgan fingerprint density at radius 2 is 1.26 bits per heavy atom. The highest BCUT2D eigenvalue weighted by atomic mass is 16.4. The number of carbonyl (C=O) groups is 10. The third-order valence-electron chi connectivity index (χ3n) is 11.0. The molecule has 0 radical (unpaired) electrons. The second kappa shape index (κ2) is 27.2. The Kier molecular flexibility index (Phi) is 23.0. The second-order valence-corrected chi connectivity index (χ2v) is 16.6. The van der Waals surface area contributed by atoms with Gasteiger partial charge in [0, 0.05) is 25.4 Å². The number of nitrogens with two attached hydrogens (primary N) is 4. The van der Waals surface area contributed by atoms with E-state index in [1.54, 1.807) is 39.0 Å². The van der Waals surface area contributed by atoms with Gasteiger partial charge in [-0.25, -0.2) is 4.79 Å². The molecule has 9 atom stereocenters. The molecule has 65 heavy (non-hydrogen) atoms. The average molecular weight is 918 g/mol. The van der Waals surface area contributed by atoms with E-state index in [1.165, 1.54) is 0 Å². The summed E-state index contributed by atoms with van der Waals surface area (Å²) in [6, 6.07) is -0.683. The van der Waals surface area contributed by atoms with Crippen LogP contribution in [0, 0.1) is 11.8 Å². The van der Waals surface area contributed by atoms with Crippen LogP contribution >= 0.6 is 0 Å². The molecule has 0 unspecified atom stereocenters. The third kappa shape index (κ3) is 18.8. The number of benzene rings is 1. The molecule has 1 aliphatic heterocycles. The van der Waals surface area contributed by atoms with Gasteiger partial charge in [-0.05, 0) is 56.0 Å². The summed E-state index contributed by atoms with van der Waals surface area (Å²) in [4.78, 5) is 130. The number of rotatable bonds is 29. The maximum Gasteiger partial charge on any atom is 0.326 e. The minimum Gasteiger partial charge on any atom is -0.480 e. The van der Waals surface area contributed by atoms with Crippen LogP contribution in [0.1, 0.15) is 84.6 Å². The molecule has 1 saturated heterocycles. The molecule has 23 nitrogen and oxygen atoms in total. The monoisotopic (exact) mass is 917 g/mol. The number of nitrogens with zero attached hydrogens (tertiary/aromatic N) is 1. The van der Waals surface area contributed by atoms with Crippen molar-refractivity contribution >= 4 is 59.1 Å². The predicted molar refractivity (Wildman–Crippen MR) is 234 cm³/mol. The number of carboxylic acid groups (broad SMARTS) is 1. The van der Waals surface area contributed by atoms with Gasteiger partial charge in [-0.1, -0.05) is 64.4 Å². The molecule has 1 heterocycles. The van der Waals surface area contributed by atoms with Crippen LogP contribution in [-0.2, 0) is 54.4 Å². The molecule has 16 N–H and O–H groups in total. The van der Waals surface area contributed by atoms with Crippen LogP contribution < -0.4 is 54.8 Å². The van der Waals surface area contributed by atoms with E-state index in [1.807, 2.05) is 24.0 Å². The van der Waals surface area contributed by atoms with E-state index in [-0.39, 0.29) is 38.6 Å². The number of hydrogen-bond donors (Lipinski definition) is 12. The fraction of sp³-hybridized carbons (Fsp3) is 0.619. The fourth-order valence-electron chi connectivity index (χ4n) is 7.12. The van der Waals surface area contributed by atoms with Crippen LogP contribution in [0.25, 0.3) is 0 Å². The summed E-state index contributed by atoms with van der Waals surface area (Å²) < 4.78 is 0. The molecule has 0 saturated carbocycles. The lowest BCUT2D eigenvalue weighted by molar-refractivity contribution is -0.143. The average Bonchev–Trinajstić information content (AvgIpc) is 3.71. The Morgan fingerprint density at radius 3 is 1.80 bits per heavy atom. The quantitative estimate of drug-likeness (QED) is 0.0366. The van der Waals surface area contributed by atoms with Crippen molar-refractivity contribution in [2.24, 2.45) is 34.8 Å². The molecule has 1 fully saturated rings. The number of carboxylic acids is 1. The van der Waals surface area contributed by atoms with Gasteiger partial charge < -0.3 is 65.0 Å². The highest BCUT2D eigenvalue weighted by Gasteiger charge is 2.38. The van der Waals surface area contributed by atoms with Gasteiger partial charge in [0.2, 0.25) is 53.2 Å². The number of nitrogens with one attached hydrogen (secondary N) is 6. The summed E-state index contributed by atoms with van der Waals surface area (Å²) in [6.07, 6.45) is -0.245. The Bertz CT molecular complexity index is 1830. The van der Waals surface area contributed by atoms with Crippen molar-refractivity contribution in [2.45, 2.75) is 134 Å². The zero-order valence-electron chi connectivity index (χ0n) is 37.4. The number of aliphatic carboxylic acids is 1. The van der Waals surface area contributed by atoms with Crippen molar-refractivity contribution in [1.82, 2.24) is 36.8 Å². The second-order valence-electron chi connectivity index (χ2n) is 16.6. The van der Waals surface area contributed by atoms with Gasteiger partial charge in [-0.3, -0.25) is 48.1 Å². The van der Waals surface area contributed by atoms with Gasteiger partial charge in [0.25, 0.3) is 0 Å². The number of amides is 9. The maximum atomic E-state index is 14.1. The van der Waals surface area contributed by atoms with Crippen molar-refractivity contribution in [1.29, 1.82) is 0 Å². The Morgan fingerprint density at radius 1 is 0.708 bits per heavy atom. The molecule has 0 aliphatic carbocycles. The number of carbonyl (C=O) groups excluding carboxylic acids is 9. The molecular weight excluding hydrogens is 851 g/mol. The summed E-state index contributed by atoms with van der Waals surface area (Å²) in [7, 11) is 0. The molecule has 2 rings (SSSR count). The third-order valence-corrected chi connectivity index (χ3v) is 11.0. The van der Waals surface area contributed by atoms with E-state index in [0.29, 0.717) is 25.8 Å². The normalized spacial score (nSPS) is 17.4. The smallest absolute Gasteiger partial charge is 0.326 e. The van der Waals surface area contributed by atoms with Crippen LogP contribution in [0.5, 0.6) is 0 Å². The van der Waals surface area contributed by atoms with Gasteiger partial charge >= 0.3 is 5.97 Å². The van der Waals surface area contributed by atoms with Gasteiger partial charge in [-0.15, -0.1) is 0 Å². The van der Waals surface area contributed by atoms with E-state index in [4.69, 9.17) is 22.9 Å². The first-order valence-corrected chi connectivity index (χ1v) is 21.6. The molecule has 0 aromatic heterocycles. The topological polar surface area (TPSA) is 391 Å². The van der Waals surface area contributed by atoms with Gasteiger partial charge in [0.15, 0.2) is 0 Å². The Hall–Kier alpha value is -6.20. The molecule has 23 heteroatoms. The number of primary amides is 3. The summed E-state index contributed by atoms with van der Waals surface area (Å²) in [5, 5.41) is 34.4. The molecule has 0 bridgehead atoms. The van der Waals surface area contributed by atoms with Crippen LogP contribution in [0.4, 0.5) is 0 Å². The largest absolute Gasteiger partial charge is 0.480 e. The highest BCUT2D eigenvalue weighted by Crippen LogP contribution is 2.21. The molecule has 1 aromatic rings. The Balaban J connectivity index is 2.35. The first-order valence-electron chi connectivity index (χ1n) is 21.6. The zero-order valence-corrected chi connectivity index (χ0v) is 37.4. The van der Waals surface area contributed by atoms with Gasteiger partial charge in [0.1, 0.15) is 36.3 Å². The minimum atomic E-state index is -1.56. The molecule has 9 amide bonds. The van der Waals surface area contributed by atoms with E-state index >= 15 is 0 Å². The van der Waals surface area contributed by atoms with Crippen molar-refractivity contribution in [3.8, 4) is 0 Å². The highest BCUT2D eigenvalue weighted by molar-refractivity contribution is 5.96. The van der Waals surface area contributed by atoms with Crippen molar-refractivity contribution in [3.05, 3.63) is 35.9 Å². The Labute approximate surface area is 377 Å². The first kappa shape index (κ1) is 54.9. The van der Waals surface area contributed by atoms with Crippen LogP contribution in [-0.4, -0.2) is 142 Å².